The summed E-state index contributed by atoms with van der Waals surface area (Å²) in [6.45, 7) is 1.23. The molecular weight excluding hydrogens is 574 g/mol. The predicted octanol–water partition coefficient (Wildman–Crippen LogP) is 2.96. The highest BCUT2D eigenvalue weighted by atomic mass is 32.2. The fraction of sp³-hybridized carbons (Fsp3) is 0.267. The molecule has 1 aromatic heterocycles. The van der Waals surface area contributed by atoms with Crippen LogP contribution in [0.5, 0.6) is 0 Å². The summed E-state index contributed by atoms with van der Waals surface area (Å²) >= 11 is 1.33. The maximum Gasteiger partial charge on any atom is 0.251 e. The van der Waals surface area contributed by atoms with Crippen molar-refractivity contribution in [2.45, 2.75) is 30.7 Å². The van der Waals surface area contributed by atoms with E-state index in [2.05, 4.69) is 10.6 Å². The summed E-state index contributed by atoms with van der Waals surface area (Å²) < 4.78 is 24.7. The Morgan fingerprint density at radius 2 is 1.69 bits per heavy atom. The highest BCUT2D eigenvalue weighted by molar-refractivity contribution is 7.91. The monoisotopic (exact) mass is 605 g/mol. The molecule has 2 heterocycles. The number of amides is 3. The highest BCUT2D eigenvalue weighted by Crippen LogP contribution is 2.27. The molecule has 1 aliphatic rings. The van der Waals surface area contributed by atoms with Gasteiger partial charge in [-0.3, -0.25) is 19.8 Å². The molecule has 4 aromatic rings. The van der Waals surface area contributed by atoms with E-state index in [0.717, 1.165) is 32.7 Å². The molecule has 0 saturated carbocycles. The van der Waals surface area contributed by atoms with Gasteiger partial charge in [0.2, 0.25) is 11.8 Å². The van der Waals surface area contributed by atoms with E-state index in [-0.39, 0.29) is 18.8 Å². The lowest BCUT2D eigenvalue weighted by Crippen LogP contribution is -2.49. The Labute approximate surface area is 247 Å². The van der Waals surface area contributed by atoms with Crippen LogP contribution in [0.15, 0.2) is 66.0 Å². The number of hydrogen-bond donors (Lipinski definition) is 4. The van der Waals surface area contributed by atoms with Crippen molar-refractivity contribution in [1.29, 1.82) is 5.41 Å². The van der Waals surface area contributed by atoms with E-state index in [1.54, 1.807) is 30.5 Å². The third kappa shape index (κ3) is 6.14. The van der Waals surface area contributed by atoms with Crippen LogP contribution < -0.4 is 16.4 Å². The minimum Gasteiger partial charge on any atom is -0.384 e. The molecule has 5 N–H and O–H groups in total. The minimum atomic E-state index is -3.53. The summed E-state index contributed by atoms with van der Waals surface area (Å²) in [4.78, 5) is 41.5. The second-order valence-electron chi connectivity index (χ2n) is 10.6. The molecule has 0 radical (unpaired) electrons. The molecular formula is C30H31N5O5S2. The third-order valence-corrected chi connectivity index (χ3v) is 10.2. The molecule has 0 spiro atoms. The van der Waals surface area contributed by atoms with Crippen molar-refractivity contribution in [3.8, 4) is 0 Å². The summed E-state index contributed by atoms with van der Waals surface area (Å²) in [5, 5.41) is 17.9. The van der Waals surface area contributed by atoms with Gasteiger partial charge in [-0.1, -0.05) is 30.3 Å². The number of thiophene rings is 1. The van der Waals surface area contributed by atoms with Gasteiger partial charge >= 0.3 is 0 Å². The van der Waals surface area contributed by atoms with E-state index in [1.807, 2.05) is 42.5 Å². The highest BCUT2D eigenvalue weighted by Gasteiger charge is 2.43. The van der Waals surface area contributed by atoms with Crippen LogP contribution in [0.2, 0.25) is 0 Å². The van der Waals surface area contributed by atoms with Gasteiger partial charge in [0.05, 0.1) is 17.8 Å². The first-order valence-electron chi connectivity index (χ1n) is 13.3. The molecule has 10 nitrogen and oxygen atoms in total. The van der Waals surface area contributed by atoms with Crippen molar-refractivity contribution in [1.82, 2.24) is 15.5 Å². The van der Waals surface area contributed by atoms with E-state index in [4.69, 9.17) is 11.1 Å². The lowest BCUT2D eigenvalue weighted by atomic mass is 10.0. The molecule has 1 aliphatic heterocycles. The van der Waals surface area contributed by atoms with Gasteiger partial charge in [-0.05, 0) is 65.2 Å². The summed E-state index contributed by atoms with van der Waals surface area (Å²) in [5.41, 5.74) is 6.46. The lowest BCUT2D eigenvalue weighted by molar-refractivity contribution is -0.137. The van der Waals surface area contributed by atoms with Crippen LogP contribution >= 0.6 is 11.3 Å². The SMILES string of the molecule is CC(NC(=O)[C@@H]1C[C@@H](S(C)(=O)=O)CN1C(=O)CNC(=O)c1ccc2cc3ccccc3cc2c1)c1cc(C(=N)N)cs1. The number of amidine groups is 1. The van der Waals surface area contributed by atoms with Gasteiger partial charge in [-0.15, -0.1) is 11.3 Å². The lowest BCUT2D eigenvalue weighted by Gasteiger charge is -2.25. The maximum atomic E-state index is 13.3. The summed E-state index contributed by atoms with van der Waals surface area (Å²) in [5.74, 6) is -1.58. The third-order valence-electron chi connectivity index (χ3n) is 7.57. The summed E-state index contributed by atoms with van der Waals surface area (Å²) in [7, 11) is -3.53. The quantitative estimate of drug-likeness (QED) is 0.137. The van der Waals surface area contributed by atoms with Gasteiger partial charge in [0.25, 0.3) is 5.91 Å². The first-order chi connectivity index (χ1) is 19.9. The van der Waals surface area contributed by atoms with Crippen LogP contribution in [0.3, 0.4) is 0 Å². The second-order valence-corrected chi connectivity index (χ2v) is 13.8. The Bertz CT molecular complexity index is 1830. The smallest absolute Gasteiger partial charge is 0.251 e. The molecule has 1 saturated heterocycles. The number of carbonyl (C=O) groups excluding carboxylic acids is 3. The zero-order chi connectivity index (χ0) is 30.2. The van der Waals surface area contributed by atoms with E-state index >= 15 is 0 Å². The van der Waals surface area contributed by atoms with Gasteiger partial charge in [0.1, 0.15) is 11.9 Å². The van der Waals surface area contributed by atoms with Crippen molar-refractivity contribution in [2.75, 3.05) is 19.3 Å². The molecule has 12 heteroatoms. The van der Waals surface area contributed by atoms with Crippen LogP contribution in [0.25, 0.3) is 21.5 Å². The molecule has 3 amide bonds. The average molecular weight is 606 g/mol. The molecule has 5 rings (SSSR count). The second kappa shape index (κ2) is 11.5. The number of nitrogen functional groups attached to an aromatic ring is 1. The molecule has 42 heavy (non-hydrogen) atoms. The minimum absolute atomic E-state index is 0.0428. The number of likely N-dealkylation sites (tertiary alicyclic amines) is 1. The zero-order valence-electron chi connectivity index (χ0n) is 23.1. The molecule has 3 atom stereocenters. The Morgan fingerprint density at radius 3 is 2.33 bits per heavy atom. The maximum absolute atomic E-state index is 13.3. The van der Waals surface area contributed by atoms with E-state index in [1.165, 1.54) is 16.2 Å². The van der Waals surface area contributed by atoms with Gasteiger partial charge in [0, 0.05) is 34.2 Å². The van der Waals surface area contributed by atoms with Crippen molar-refractivity contribution in [3.63, 3.8) is 0 Å². The van der Waals surface area contributed by atoms with Crippen LogP contribution in [0.1, 0.15) is 40.2 Å². The summed E-state index contributed by atoms with van der Waals surface area (Å²) in [6, 6.07) is 17.5. The van der Waals surface area contributed by atoms with Crippen LogP contribution in [0, 0.1) is 5.41 Å². The fourth-order valence-corrected chi connectivity index (χ4v) is 7.05. The molecule has 3 aromatic carbocycles. The van der Waals surface area contributed by atoms with Gasteiger partial charge in [-0.25, -0.2) is 8.42 Å². The topological polar surface area (TPSA) is 163 Å². The van der Waals surface area contributed by atoms with Gasteiger partial charge in [-0.2, -0.15) is 0 Å². The van der Waals surface area contributed by atoms with Crippen molar-refractivity contribution < 1.29 is 22.8 Å². The normalized spacial score (nSPS) is 17.7. The Morgan fingerprint density at radius 1 is 1.02 bits per heavy atom. The van der Waals surface area contributed by atoms with Crippen molar-refractivity contribution in [3.05, 3.63) is 82.0 Å². The number of nitrogens with one attached hydrogen (secondary N) is 3. The predicted molar refractivity (Wildman–Crippen MR) is 164 cm³/mol. The Hall–Kier alpha value is -4.29. The standard InChI is InChI=1S/C30H31N5O5S2/c1-17(26-12-23(16-41-26)28(31)32)34-30(38)25-13-24(42(2,39)40)15-35(25)27(36)14-33-29(37)21-8-7-20-9-18-5-3-4-6-19(18)10-22(20)11-21/h3-12,16-17,24-25H,13-15H2,1-2H3,(H3,31,32)(H,33,37)(H,34,38)/t17?,24-,25+/m1/s1. The molecule has 1 unspecified atom stereocenters. The fourth-order valence-electron chi connectivity index (χ4n) is 5.17. The Balaban J connectivity index is 1.28. The van der Waals surface area contributed by atoms with Crippen molar-refractivity contribution >= 4 is 66.3 Å². The van der Waals surface area contributed by atoms with Crippen LogP contribution in [0.4, 0.5) is 0 Å². The number of sulfone groups is 1. The molecule has 1 fully saturated rings. The number of hydrogen-bond acceptors (Lipinski definition) is 7. The molecule has 218 valence electrons. The first kappa shape index (κ1) is 29.2. The molecule has 0 aliphatic carbocycles. The van der Waals surface area contributed by atoms with Crippen LogP contribution in [-0.4, -0.2) is 67.5 Å². The van der Waals surface area contributed by atoms with Crippen molar-refractivity contribution in [2.24, 2.45) is 5.73 Å². The number of rotatable bonds is 8. The largest absolute Gasteiger partial charge is 0.384 e. The van der Waals surface area contributed by atoms with Gasteiger partial charge < -0.3 is 21.3 Å². The van der Waals surface area contributed by atoms with Gasteiger partial charge in [0.15, 0.2) is 9.84 Å². The first-order valence-corrected chi connectivity index (χ1v) is 16.2. The number of nitrogens with two attached hydrogens (primary N) is 1. The van der Waals surface area contributed by atoms with E-state index in [9.17, 15) is 22.8 Å². The van der Waals surface area contributed by atoms with E-state index < -0.39 is 51.4 Å². The summed E-state index contributed by atoms with van der Waals surface area (Å²) in [6.07, 6.45) is 1.04. The number of carbonyl (C=O) groups is 3. The van der Waals surface area contributed by atoms with Crippen LogP contribution in [-0.2, 0) is 19.4 Å². The zero-order valence-corrected chi connectivity index (χ0v) is 24.7. The van der Waals surface area contributed by atoms with E-state index in [0.29, 0.717) is 11.1 Å². The Kier molecular flexibility index (Phi) is 8.02. The number of benzene rings is 3. The average Bonchev–Trinajstić information content (AvgIpc) is 3.63. The molecule has 0 bridgehead atoms. The number of nitrogens with zero attached hydrogens (tertiary/aromatic N) is 1. The number of fused-ring (bicyclic) bond motifs is 2.